The van der Waals surface area contributed by atoms with E-state index in [4.69, 9.17) is 10.2 Å². The van der Waals surface area contributed by atoms with Crippen LogP contribution in [0.5, 0.6) is 0 Å². The molecule has 0 aromatic rings. The van der Waals surface area contributed by atoms with Crippen LogP contribution in [0.3, 0.4) is 0 Å². The second-order valence-electron chi connectivity index (χ2n) is 3.98. The minimum atomic E-state index is -1.45. The van der Waals surface area contributed by atoms with E-state index in [0.29, 0.717) is 12.8 Å². The Morgan fingerprint density at radius 1 is 1.06 bits per heavy atom. The lowest BCUT2D eigenvalue weighted by Crippen LogP contribution is -2.32. The van der Waals surface area contributed by atoms with E-state index in [1.165, 1.54) is 0 Å². The number of carbonyl (C=O) groups is 4. The Bertz CT molecular complexity index is 338. The molecular formula is C11H17NO6. The van der Waals surface area contributed by atoms with Gasteiger partial charge in [-0.3, -0.25) is 14.4 Å². The van der Waals surface area contributed by atoms with Crippen molar-refractivity contribution in [3.05, 3.63) is 0 Å². The van der Waals surface area contributed by atoms with Crippen LogP contribution in [0.25, 0.3) is 0 Å². The van der Waals surface area contributed by atoms with Gasteiger partial charge in [0, 0.05) is 18.9 Å². The summed E-state index contributed by atoms with van der Waals surface area (Å²) in [6.45, 7) is 1.71. The first-order valence-electron chi connectivity index (χ1n) is 5.60. The van der Waals surface area contributed by atoms with Gasteiger partial charge in [0.2, 0.25) is 11.7 Å². The van der Waals surface area contributed by atoms with Crippen LogP contribution >= 0.6 is 0 Å². The second-order valence-corrected chi connectivity index (χ2v) is 3.98. The predicted octanol–water partition coefficient (Wildman–Crippen LogP) is 0.180. The molecule has 1 atom stereocenters. The third kappa shape index (κ3) is 8.26. The monoisotopic (exact) mass is 259 g/mol. The summed E-state index contributed by atoms with van der Waals surface area (Å²) in [6.07, 6.45) is 0.456. The lowest BCUT2D eigenvalue weighted by atomic mass is 10.1. The van der Waals surface area contributed by atoms with Crippen molar-refractivity contribution in [1.82, 2.24) is 5.32 Å². The number of Topliss-reactive ketones (excluding diaryl/α,β-unsaturated/α-hetero) is 1. The molecule has 0 unspecified atom stereocenters. The molecule has 0 fully saturated rings. The molecule has 0 aromatic carbocycles. The Morgan fingerprint density at radius 3 is 2.17 bits per heavy atom. The highest BCUT2D eigenvalue weighted by atomic mass is 16.4. The fraction of sp³-hybridized carbons (Fsp3) is 0.636. The summed E-state index contributed by atoms with van der Waals surface area (Å²) in [7, 11) is 0. The highest BCUT2D eigenvalue weighted by molar-refractivity contribution is 6.32. The highest BCUT2D eigenvalue weighted by Crippen LogP contribution is 2.02. The molecule has 0 saturated carbocycles. The van der Waals surface area contributed by atoms with Crippen molar-refractivity contribution in [2.24, 2.45) is 0 Å². The quantitative estimate of drug-likeness (QED) is 0.508. The fourth-order valence-electron chi connectivity index (χ4n) is 1.32. The summed E-state index contributed by atoms with van der Waals surface area (Å²) < 4.78 is 0. The number of carboxylic acid groups (broad SMARTS) is 2. The molecule has 0 aliphatic rings. The fourth-order valence-corrected chi connectivity index (χ4v) is 1.32. The molecule has 0 rings (SSSR count). The van der Waals surface area contributed by atoms with Crippen LogP contribution in [0, 0.1) is 0 Å². The topological polar surface area (TPSA) is 121 Å². The normalized spacial score (nSPS) is 11.6. The summed E-state index contributed by atoms with van der Waals surface area (Å²) in [4.78, 5) is 42.5. The number of aliphatic carboxylic acids is 2. The van der Waals surface area contributed by atoms with Gasteiger partial charge < -0.3 is 15.5 Å². The molecule has 0 heterocycles. The lowest BCUT2D eigenvalue weighted by Gasteiger charge is -2.12. The maximum Gasteiger partial charge on any atom is 0.372 e. The number of carboxylic acids is 2. The molecule has 102 valence electrons. The standard InChI is InChI=1S/C11H17NO6/c1-7(3-2-4-8(13)11(17)18)12-9(14)5-6-10(15)16/h7H,2-6H2,1H3,(H,12,14)(H,15,16)(H,17,18)/t7-/m1/s1. The Kier molecular flexibility index (Phi) is 7.34. The zero-order valence-corrected chi connectivity index (χ0v) is 10.1. The minimum Gasteiger partial charge on any atom is -0.481 e. The molecule has 0 radical (unpaired) electrons. The molecule has 0 aliphatic heterocycles. The number of ketones is 1. The number of rotatable bonds is 9. The first-order chi connectivity index (χ1) is 8.32. The summed E-state index contributed by atoms with van der Waals surface area (Å²) in [5.41, 5.74) is 0. The van der Waals surface area contributed by atoms with Crippen LogP contribution in [-0.4, -0.2) is 39.9 Å². The van der Waals surface area contributed by atoms with Crippen molar-refractivity contribution < 1.29 is 29.4 Å². The van der Waals surface area contributed by atoms with Crippen molar-refractivity contribution in [3.63, 3.8) is 0 Å². The molecule has 0 bridgehead atoms. The summed E-state index contributed by atoms with van der Waals surface area (Å²) in [6, 6.07) is -0.215. The smallest absolute Gasteiger partial charge is 0.372 e. The molecule has 18 heavy (non-hydrogen) atoms. The number of nitrogens with one attached hydrogen (secondary N) is 1. The predicted molar refractivity (Wildman–Crippen MR) is 61.0 cm³/mol. The van der Waals surface area contributed by atoms with Crippen molar-refractivity contribution in [3.8, 4) is 0 Å². The maximum atomic E-state index is 11.2. The second kappa shape index (κ2) is 8.21. The van der Waals surface area contributed by atoms with E-state index in [9.17, 15) is 19.2 Å². The van der Waals surface area contributed by atoms with Crippen molar-refractivity contribution >= 4 is 23.6 Å². The minimum absolute atomic E-state index is 0.0648. The van der Waals surface area contributed by atoms with Gasteiger partial charge in [-0.2, -0.15) is 0 Å². The average Bonchev–Trinajstić information content (AvgIpc) is 2.25. The summed E-state index contributed by atoms with van der Waals surface area (Å²) in [5.74, 6) is -3.70. The SMILES string of the molecule is C[C@H](CCCC(=O)C(=O)O)NC(=O)CCC(=O)O. The van der Waals surface area contributed by atoms with Crippen LogP contribution in [0.1, 0.15) is 39.0 Å². The third-order valence-electron chi connectivity index (χ3n) is 2.25. The number of hydrogen-bond donors (Lipinski definition) is 3. The van der Waals surface area contributed by atoms with E-state index in [-0.39, 0.29) is 31.2 Å². The first-order valence-corrected chi connectivity index (χ1v) is 5.60. The van der Waals surface area contributed by atoms with E-state index < -0.39 is 17.7 Å². The van der Waals surface area contributed by atoms with E-state index >= 15 is 0 Å². The highest BCUT2D eigenvalue weighted by Gasteiger charge is 2.13. The van der Waals surface area contributed by atoms with Gasteiger partial charge in [-0.15, -0.1) is 0 Å². The van der Waals surface area contributed by atoms with E-state index in [0.717, 1.165) is 0 Å². The van der Waals surface area contributed by atoms with Gasteiger partial charge in [-0.25, -0.2) is 4.79 Å². The first kappa shape index (κ1) is 16.1. The summed E-state index contributed by atoms with van der Waals surface area (Å²) in [5, 5.41) is 19.3. The van der Waals surface area contributed by atoms with Gasteiger partial charge in [0.1, 0.15) is 0 Å². The van der Waals surface area contributed by atoms with Gasteiger partial charge >= 0.3 is 11.9 Å². The Hall–Kier alpha value is -1.92. The van der Waals surface area contributed by atoms with Gasteiger partial charge in [-0.1, -0.05) is 0 Å². The van der Waals surface area contributed by atoms with Crippen LogP contribution in [0.15, 0.2) is 0 Å². The van der Waals surface area contributed by atoms with Crippen molar-refractivity contribution in [2.75, 3.05) is 0 Å². The number of carbonyl (C=O) groups excluding carboxylic acids is 2. The molecule has 7 heteroatoms. The van der Waals surface area contributed by atoms with Crippen LogP contribution in [0.4, 0.5) is 0 Å². The third-order valence-corrected chi connectivity index (χ3v) is 2.25. The van der Waals surface area contributed by atoms with Gasteiger partial charge in [0.15, 0.2) is 0 Å². The zero-order chi connectivity index (χ0) is 14.1. The van der Waals surface area contributed by atoms with Gasteiger partial charge in [0.05, 0.1) is 6.42 Å². The Morgan fingerprint density at radius 2 is 1.67 bits per heavy atom. The van der Waals surface area contributed by atoms with E-state index in [1.54, 1.807) is 6.92 Å². The molecule has 7 nitrogen and oxygen atoms in total. The zero-order valence-electron chi connectivity index (χ0n) is 10.1. The van der Waals surface area contributed by atoms with Crippen LogP contribution in [-0.2, 0) is 19.2 Å². The van der Waals surface area contributed by atoms with Crippen molar-refractivity contribution in [2.45, 2.75) is 45.1 Å². The molecule has 1 amide bonds. The molecule has 0 spiro atoms. The summed E-state index contributed by atoms with van der Waals surface area (Å²) >= 11 is 0. The molecule has 0 aromatic heterocycles. The largest absolute Gasteiger partial charge is 0.481 e. The van der Waals surface area contributed by atoms with Crippen LogP contribution in [0.2, 0.25) is 0 Å². The Labute approximate surface area is 104 Å². The lowest BCUT2D eigenvalue weighted by molar-refractivity contribution is -0.149. The molecule has 0 saturated heterocycles. The van der Waals surface area contributed by atoms with Crippen molar-refractivity contribution in [1.29, 1.82) is 0 Å². The Balaban J connectivity index is 3.73. The number of hydrogen-bond acceptors (Lipinski definition) is 4. The maximum absolute atomic E-state index is 11.2. The molecule has 3 N–H and O–H groups in total. The molecular weight excluding hydrogens is 242 g/mol. The van der Waals surface area contributed by atoms with Gasteiger partial charge in [-0.05, 0) is 19.8 Å². The number of amides is 1. The molecule has 0 aliphatic carbocycles. The van der Waals surface area contributed by atoms with Gasteiger partial charge in [0.25, 0.3) is 0 Å². The van der Waals surface area contributed by atoms with Crippen LogP contribution < -0.4 is 5.32 Å². The average molecular weight is 259 g/mol. The van der Waals surface area contributed by atoms with E-state index in [1.807, 2.05) is 0 Å². The van der Waals surface area contributed by atoms with E-state index in [2.05, 4.69) is 5.32 Å².